The molecule has 0 aliphatic carbocycles. The largest absolute Gasteiger partial charge is 0.340 e. The van der Waals surface area contributed by atoms with Crippen molar-refractivity contribution in [3.63, 3.8) is 0 Å². The second-order valence-corrected chi connectivity index (χ2v) is 7.79. The van der Waals surface area contributed by atoms with E-state index in [1.807, 2.05) is 24.0 Å². The van der Waals surface area contributed by atoms with Gasteiger partial charge in [-0.2, -0.15) is 0 Å². The van der Waals surface area contributed by atoms with Gasteiger partial charge in [0, 0.05) is 32.7 Å². The van der Waals surface area contributed by atoms with Crippen LogP contribution in [0.1, 0.15) is 17.5 Å². The number of para-hydroxylation sites is 1. The molecule has 3 aromatic rings. The summed E-state index contributed by atoms with van der Waals surface area (Å²) in [5.74, 6) is -0.311. The predicted octanol–water partition coefficient (Wildman–Crippen LogP) is 2.58. The third-order valence-corrected chi connectivity index (χ3v) is 5.62. The second-order valence-electron chi connectivity index (χ2n) is 7.79. The summed E-state index contributed by atoms with van der Waals surface area (Å²) in [5.41, 5.74) is 2.49. The Morgan fingerprint density at radius 3 is 2.67 bits per heavy atom. The number of carbonyl (C=O) groups is 1. The molecular formula is C23H25FN4O2. The fourth-order valence-electron chi connectivity index (χ4n) is 3.92. The van der Waals surface area contributed by atoms with Crippen molar-refractivity contribution in [2.24, 2.45) is 0 Å². The van der Waals surface area contributed by atoms with Crippen molar-refractivity contribution in [1.29, 1.82) is 0 Å². The molecule has 7 heteroatoms. The van der Waals surface area contributed by atoms with E-state index in [0.29, 0.717) is 24.0 Å². The summed E-state index contributed by atoms with van der Waals surface area (Å²) in [6.45, 7) is 5.52. The van der Waals surface area contributed by atoms with Crippen LogP contribution < -0.4 is 5.56 Å². The third kappa shape index (κ3) is 4.41. The summed E-state index contributed by atoms with van der Waals surface area (Å²) < 4.78 is 14.5. The number of nitrogens with zero attached hydrogens (tertiary/aromatic N) is 4. The SMILES string of the molecule is Cc1cccc2c(=O)n(CC(=O)N3CCCN(Cc4ccc(F)cc4)CC3)cnc12. The lowest BCUT2D eigenvalue weighted by atomic mass is 10.1. The Morgan fingerprint density at radius 2 is 1.87 bits per heavy atom. The van der Waals surface area contributed by atoms with Crippen LogP contribution in [0.15, 0.2) is 53.6 Å². The summed E-state index contributed by atoms with van der Waals surface area (Å²) in [6, 6.07) is 12.0. The van der Waals surface area contributed by atoms with Gasteiger partial charge in [0.05, 0.1) is 17.2 Å². The van der Waals surface area contributed by atoms with Crippen LogP contribution in [0, 0.1) is 12.7 Å². The van der Waals surface area contributed by atoms with Crippen LogP contribution in [0.5, 0.6) is 0 Å². The summed E-state index contributed by atoms with van der Waals surface area (Å²) >= 11 is 0. The van der Waals surface area contributed by atoms with Crippen molar-refractivity contribution in [3.05, 3.63) is 76.1 Å². The third-order valence-electron chi connectivity index (χ3n) is 5.62. The van der Waals surface area contributed by atoms with Crippen LogP contribution in [-0.4, -0.2) is 51.4 Å². The smallest absolute Gasteiger partial charge is 0.261 e. The number of benzene rings is 2. The van der Waals surface area contributed by atoms with Gasteiger partial charge in [0.1, 0.15) is 12.4 Å². The minimum absolute atomic E-state index is 0.00627. The van der Waals surface area contributed by atoms with Crippen LogP contribution in [-0.2, 0) is 17.9 Å². The van der Waals surface area contributed by atoms with Gasteiger partial charge in [-0.3, -0.25) is 19.1 Å². The molecule has 0 N–H and O–H groups in total. The first-order valence-electron chi connectivity index (χ1n) is 10.2. The number of aryl methyl sites for hydroxylation is 1. The van der Waals surface area contributed by atoms with Gasteiger partial charge in [0.2, 0.25) is 5.91 Å². The lowest BCUT2D eigenvalue weighted by Crippen LogP contribution is -2.39. The monoisotopic (exact) mass is 408 g/mol. The van der Waals surface area contributed by atoms with E-state index in [0.717, 1.165) is 37.2 Å². The molecule has 0 radical (unpaired) electrons. The lowest BCUT2D eigenvalue weighted by molar-refractivity contribution is -0.131. The summed E-state index contributed by atoms with van der Waals surface area (Å²) in [6.07, 6.45) is 2.32. The highest BCUT2D eigenvalue weighted by molar-refractivity contribution is 5.81. The molecule has 0 saturated carbocycles. The Kier molecular flexibility index (Phi) is 5.90. The number of rotatable bonds is 4. The number of fused-ring (bicyclic) bond motifs is 1. The van der Waals surface area contributed by atoms with E-state index in [9.17, 15) is 14.0 Å². The molecule has 1 amide bonds. The molecule has 1 saturated heterocycles. The molecule has 156 valence electrons. The van der Waals surface area contributed by atoms with Gasteiger partial charge in [-0.25, -0.2) is 9.37 Å². The minimum Gasteiger partial charge on any atom is -0.340 e. The number of aromatic nitrogens is 2. The zero-order valence-corrected chi connectivity index (χ0v) is 17.1. The molecule has 2 aromatic carbocycles. The van der Waals surface area contributed by atoms with Crippen LogP contribution in [0.2, 0.25) is 0 Å². The molecule has 2 heterocycles. The minimum atomic E-state index is -0.236. The molecule has 1 aliphatic heterocycles. The molecule has 0 unspecified atom stereocenters. The molecule has 30 heavy (non-hydrogen) atoms. The van der Waals surface area contributed by atoms with Gasteiger partial charge in [-0.1, -0.05) is 24.3 Å². The summed E-state index contributed by atoms with van der Waals surface area (Å²) in [7, 11) is 0. The van der Waals surface area contributed by atoms with Gasteiger partial charge in [0.25, 0.3) is 5.56 Å². The summed E-state index contributed by atoms with van der Waals surface area (Å²) in [5, 5.41) is 0.534. The fourth-order valence-corrected chi connectivity index (χ4v) is 3.92. The van der Waals surface area contributed by atoms with Gasteiger partial charge in [-0.15, -0.1) is 0 Å². The second kappa shape index (κ2) is 8.75. The van der Waals surface area contributed by atoms with Crippen molar-refractivity contribution in [3.8, 4) is 0 Å². The van der Waals surface area contributed by atoms with E-state index in [4.69, 9.17) is 0 Å². The average Bonchev–Trinajstić information content (AvgIpc) is 2.98. The van der Waals surface area contributed by atoms with Crippen LogP contribution in [0.3, 0.4) is 0 Å². The molecular weight excluding hydrogens is 383 g/mol. The van der Waals surface area contributed by atoms with E-state index in [2.05, 4.69) is 9.88 Å². The molecule has 0 spiro atoms. The first kappa shape index (κ1) is 20.2. The fraction of sp³-hybridized carbons (Fsp3) is 0.348. The maximum Gasteiger partial charge on any atom is 0.261 e. The summed E-state index contributed by atoms with van der Waals surface area (Å²) in [4.78, 5) is 34.1. The number of hydrogen-bond donors (Lipinski definition) is 0. The zero-order chi connectivity index (χ0) is 21.1. The van der Waals surface area contributed by atoms with E-state index < -0.39 is 0 Å². The highest BCUT2D eigenvalue weighted by atomic mass is 19.1. The molecule has 1 aromatic heterocycles. The van der Waals surface area contributed by atoms with Crippen molar-refractivity contribution in [1.82, 2.24) is 19.4 Å². The molecule has 1 fully saturated rings. The molecule has 6 nitrogen and oxygen atoms in total. The average molecular weight is 408 g/mol. The number of carbonyl (C=O) groups excluding carboxylic acids is 1. The van der Waals surface area contributed by atoms with Crippen molar-refractivity contribution < 1.29 is 9.18 Å². The van der Waals surface area contributed by atoms with Gasteiger partial charge in [0.15, 0.2) is 0 Å². The van der Waals surface area contributed by atoms with E-state index in [1.54, 1.807) is 18.2 Å². The Bertz CT molecular complexity index is 1110. The standard InChI is InChI=1S/C23H25FN4O2/c1-17-4-2-5-20-22(17)25-16-28(23(20)30)15-21(29)27-11-3-10-26(12-13-27)14-18-6-8-19(24)9-7-18/h2,4-9,16H,3,10-15H2,1H3. The molecule has 4 rings (SSSR count). The van der Waals surface area contributed by atoms with Crippen LogP contribution in [0.25, 0.3) is 10.9 Å². The van der Waals surface area contributed by atoms with E-state index >= 15 is 0 Å². The van der Waals surface area contributed by atoms with Crippen LogP contribution in [0.4, 0.5) is 4.39 Å². The van der Waals surface area contributed by atoms with Gasteiger partial charge in [-0.05, 0) is 42.7 Å². The van der Waals surface area contributed by atoms with Gasteiger partial charge < -0.3 is 4.90 Å². The lowest BCUT2D eigenvalue weighted by Gasteiger charge is -2.22. The molecule has 1 aliphatic rings. The predicted molar refractivity (Wildman–Crippen MR) is 114 cm³/mol. The van der Waals surface area contributed by atoms with Crippen LogP contribution >= 0.6 is 0 Å². The number of amides is 1. The Labute approximate surface area is 174 Å². The van der Waals surface area contributed by atoms with Gasteiger partial charge >= 0.3 is 0 Å². The zero-order valence-electron chi connectivity index (χ0n) is 17.1. The normalized spacial score (nSPS) is 15.3. The Morgan fingerprint density at radius 1 is 1.07 bits per heavy atom. The topological polar surface area (TPSA) is 58.4 Å². The van der Waals surface area contributed by atoms with E-state index in [-0.39, 0.29) is 23.8 Å². The van der Waals surface area contributed by atoms with Crippen molar-refractivity contribution >= 4 is 16.8 Å². The first-order valence-corrected chi connectivity index (χ1v) is 10.2. The highest BCUT2D eigenvalue weighted by Gasteiger charge is 2.20. The maximum atomic E-state index is 13.1. The Hall–Kier alpha value is -3.06. The Balaban J connectivity index is 1.41. The van der Waals surface area contributed by atoms with Crippen molar-refractivity contribution in [2.45, 2.75) is 26.4 Å². The highest BCUT2D eigenvalue weighted by Crippen LogP contribution is 2.13. The first-order chi connectivity index (χ1) is 14.5. The van der Waals surface area contributed by atoms with E-state index in [1.165, 1.54) is 23.0 Å². The quantitative estimate of drug-likeness (QED) is 0.666. The molecule has 0 atom stereocenters. The van der Waals surface area contributed by atoms with Crippen molar-refractivity contribution in [2.75, 3.05) is 26.2 Å². The number of halogens is 1. The molecule has 0 bridgehead atoms. The number of hydrogen-bond acceptors (Lipinski definition) is 4. The maximum absolute atomic E-state index is 13.1.